The predicted molar refractivity (Wildman–Crippen MR) is 96.7 cm³/mol. The molecule has 136 valence electrons. The molecule has 1 unspecified atom stereocenters. The van der Waals surface area contributed by atoms with Crippen LogP contribution in [0.4, 0.5) is 0 Å². The summed E-state index contributed by atoms with van der Waals surface area (Å²) in [7, 11) is 0. The fourth-order valence-corrected chi connectivity index (χ4v) is 3.57. The summed E-state index contributed by atoms with van der Waals surface area (Å²) in [6.07, 6.45) is 7.02. The van der Waals surface area contributed by atoms with E-state index >= 15 is 0 Å². The molecule has 0 saturated heterocycles. The van der Waals surface area contributed by atoms with Crippen molar-refractivity contribution in [2.24, 2.45) is 0 Å². The van der Waals surface area contributed by atoms with Crippen LogP contribution in [0.1, 0.15) is 56.3 Å². The van der Waals surface area contributed by atoms with Crippen molar-refractivity contribution >= 4 is 16.9 Å². The highest BCUT2D eigenvalue weighted by molar-refractivity contribution is 5.83. The third-order valence-corrected chi connectivity index (χ3v) is 5.11. The average Bonchev–Trinajstić information content (AvgIpc) is 3.40. The summed E-state index contributed by atoms with van der Waals surface area (Å²) in [5.74, 6) is 1.78. The Balaban J connectivity index is 1.32. The summed E-state index contributed by atoms with van der Waals surface area (Å²) in [4.78, 5) is 21.3. The number of nitrogens with zero attached hydrogens (tertiary/aromatic N) is 4. The van der Waals surface area contributed by atoms with Crippen LogP contribution < -0.4 is 5.32 Å². The fourth-order valence-electron chi connectivity index (χ4n) is 3.57. The fraction of sp³-hybridized carbons (Fsp3) is 0.474. The normalized spacial score (nSPS) is 16.2. The topological polar surface area (TPSA) is 85.8 Å². The summed E-state index contributed by atoms with van der Waals surface area (Å²) in [6.45, 7) is 2.36. The van der Waals surface area contributed by atoms with Gasteiger partial charge in [-0.25, -0.2) is 4.98 Å². The number of carbonyl (C=O) groups is 1. The van der Waals surface area contributed by atoms with Crippen LogP contribution in [0.5, 0.6) is 0 Å². The second kappa shape index (κ2) is 7.27. The van der Waals surface area contributed by atoms with Gasteiger partial charge in [0.15, 0.2) is 5.82 Å². The molecule has 0 spiro atoms. The predicted octanol–water partition coefficient (Wildman–Crippen LogP) is 3.00. The maximum absolute atomic E-state index is 12.5. The van der Waals surface area contributed by atoms with Crippen molar-refractivity contribution in [3.63, 3.8) is 0 Å². The molecule has 0 aliphatic heterocycles. The van der Waals surface area contributed by atoms with E-state index in [-0.39, 0.29) is 11.9 Å². The molecule has 0 bridgehead atoms. The second-order valence-electron chi connectivity index (χ2n) is 6.89. The summed E-state index contributed by atoms with van der Waals surface area (Å²) < 4.78 is 7.26. The van der Waals surface area contributed by atoms with Crippen LogP contribution in [0.15, 0.2) is 35.1 Å². The minimum Gasteiger partial charge on any atom is -0.354 e. The minimum absolute atomic E-state index is 0.0485. The molecule has 7 nitrogen and oxygen atoms in total. The van der Waals surface area contributed by atoms with Gasteiger partial charge >= 0.3 is 0 Å². The van der Waals surface area contributed by atoms with Gasteiger partial charge in [-0.05, 0) is 31.9 Å². The molecule has 2 aromatic heterocycles. The van der Waals surface area contributed by atoms with Gasteiger partial charge in [0, 0.05) is 18.9 Å². The van der Waals surface area contributed by atoms with Crippen LogP contribution in [-0.2, 0) is 11.2 Å². The standard InChI is InChI=1S/C19H23N5O2/c1-13(24-12-21-15-8-4-5-9-16(15)24)18(25)20-11-10-17-22-19(26-23-17)14-6-2-3-7-14/h4-5,8-9,12-14H,2-3,6-7,10-11H2,1H3,(H,20,25). The molecule has 7 heteroatoms. The van der Waals surface area contributed by atoms with Crippen molar-refractivity contribution in [3.8, 4) is 0 Å². The lowest BCUT2D eigenvalue weighted by Gasteiger charge is -2.14. The van der Waals surface area contributed by atoms with E-state index in [2.05, 4.69) is 20.4 Å². The number of aromatic nitrogens is 4. The average molecular weight is 353 g/mol. The summed E-state index contributed by atoms with van der Waals surface area (Å²) in [6, 6.07) is 7.46. The van der Waals surface area contributed by atoms with Gasteiger partial charge in [-0.2, -0.15) is 4.98 Å². The molecule has 26 heavy (non-hydrogen) atoms. The number of hydrogen-bond donors (Lipinski definition) is 1. The molecule has 1 fully saturated rings. The molecular weight excluding hydrogens is 330 g/mol. The Hall–Kier alpha value is -2.70. The number of nitrogens with one attached hydrogen (secondary N) is 1. The van der Waals surface area contributed by atoms with Gasteiger partial charge in [0.25, 0.3) is 0 Å². The maximum Gasteiger partial charge on any atom is 0.242 e. The van der Waals surface area contributed by atoms with Crippen LogP contribution in [0.3, 0.4) is 0 Å². The molecular formula is C19H23N5O2. The van der Waals surface area contributed by atoms with Crippen LogP contribution in [0.2, 0.25) is 0 Å². The number of hydrogen-bond acceptors (Lipinski definition) is 5. The van der Waals surface area contributed by atoms with Crippen LogP contribution in [0.25, 0.3) is 11.0 Å². The van der Waals surface area contributed by atoms with E-state index in [9.17, 15) is 4.79 Å². The molecule has 1 aliphatic carbocycles. The van der Waals surface area contributed by atoms with E-state index in [1.807, 2.05) is 35.8 Å². The third-order valence-electron chi connectivity index (χ3n) is 5.11. The highest BCUT2D eigenvalue weighted by Gasteiger charge is 2.23. The summed E-state index contributed by atoms with van der Waals surface area (Å²) in [5.41, 5.74) is 1.84. The Morgan fingerprint density at radius 2 is 2.15 bits per heavy atom. The van der Waals surface area contributed by atoms with Crippen LogP contribution in [0, 0.1) is 0 Å². The zero-order valence-corrected chi connectivity index (χ0v) is 14.9. The molecule has 1 N–H and O–H groups in total. The molecule has 0 radical (unpaired) electrons. The van der Waals surface area contributed by atoms with Gasteiger partial charge in [0.1, 0.15) is 6.04 Å². The monoisotopic (exact) mass is 353 g/mol. The summed E-state index contributed by atoms with van der Waals surface area (Å²) in [5, 5.41) is 6.99. The van der Waals surface area contributed by atoms with Crippen molar-refractivity contribution in [2.45, 2.75) is 51.0 Å². The van der Waals surface area contributed by atoms with Crippen molar-refractivity contribution in [2.75, 3.05) is 6.54 Å². The first-order valence-electron chi connectivity index (χ1n) is 9.24. The Labute approximate surface area is 151 Å². The van der Waals surface area contributed by atoms with Gasteiger partial charge in [-0.3, -0.25) is 4.79 Å². The van der Waals surface area contributed by atoms with Gasteiger partial charge in [0.05, 0.1) is 17.4 Å². The van der Waals surface area contributed by atoms with Gasteiger partial charge < -0.3 is 14.4 Å². The van der Waals surface area contributed by atoms with Crippen molar-refractivity contribution in [1.82, 2.24) is 25.0 Å². The highest BCUT2D eigenvalue weighted by Crippen LogP contribution is 2.32. The molecule has 1 atom stereocenters. The largest absolute Gasteiger partial charge is 0.354 e. The molecule has 1 aromatic carbocycles. The molecule has 1 amide bonds. The van der Waals surface area contributed by atoms with E-state index in [1.54, 1.807) is 6.33 Å². The number of para-hydroxylation sites is 2. The van der Waals surface area contributed by atoms with Crippen LogP contribution in [-0.4, -0.2) is 32.1 Å². The van der Waals surface area contributed by atoms with E-state index in [4.69, 9.17) is 4.52 Å². The zero-order valence-electron chi connectivity index (χ0n) is 14.9. The highest BCUT2D eigenvalue weighted by atomic mass is 16.5. The molecule has 1 aliphatic rings. The third kappa shape index (κ3) is 3.34. The lowest BCUT2D eigenvalue weighted by molar-refractivity contribution is -0.123. The molecule has 3 aromatic rings. The van der Waals surface area contributed by atoms with Gasteiger partial charge in [-0.1, -0.05) is 30.1 Å². The Morgan fingerprint density at radius 3 is 3.00 bits per heavy atom. The van der Waals surface area contributed by atoms with Crippen molar-refractivity contribution in [1.29, 1.82) is 0 Å². The van der Waals surface area contributed by atoms with Gasteiger partial charge in [-0.15, -0.1) is 0 Å². The number of fused-ring (bicyclic) bond motifs is 1. The van der Waals surface area contributed by atoms with Crippen molar-refractivity contribution < 1.29 is 9.32 Å². The first-order valence-corrected chi connectivity index (χ1v) is 9.24. The number of amides is 1. The first-order chi connectivity index (χ1) is 12.7. The van der Waals surface area contributed by atoms with E-state index in [1.165, 1.54) is 12.8 Å². The molecule has 1 saturated carbocycles. The van der Waals surface area contributed by atoms with E-state index in [0.717, 1.165) is 29.8 Å². The van der Waals surface area contributed by atoms with E-state index < -0.39 is 0 Å². The van der Waals surface area contributed by atoms with Gasteiger partial charge in [0.2, 0.25) is 11.8 Å². The quantitative estimate of drug-likeness (QED) is 0.736. The maximum atomic E-state index is 12.5. The lowest BCUT2D eigenvalue weighted by atomic mass is 10.1. The number of carbonyl (C=O) groups excluding carboxylic acids is 1. The number of benzene rings is 1. The number of imidazole rings is 1. The summed E-state index contributed by atoms with van der Waals surface area (Å²) >= 11 is 0. The van der Waals surface area contributed by atoms with Crippen molar-refractivity contribution in [3.05, 3.63) is 42.3 Å². The SMILES string of the molecule is CC(C(=O)NCCc1noc(C2CCCC2)n1)n1cnc2ccccc21. The minimum atomic E-state index is -0.332. The Kier molecular flexibility index (Phi) is 4.69. The lowest BCUT2D eigenvalue weighted by Crippen LogP contribution is -2.32. The first kappa shape index (κ1) is 16.8. The second-order valence-corrected chi connectivity index (χ2v) is 6.89. The number of rotatable bonds is 6. The van der Waals surface area contributed by atoms with E-state index in [0.29, 0.717) is 24.7 Å². The zero-order chi connectivity index (χ0) is 17.9. The molecule has 2 heterocycles. The van der Waals surface area contributed by atoms with Crippen LogP contribution >= 0.6 is 0 Å². The molecule has 4 rings (SSSR count). The smallest absolute Gasteiger partial charge is 0.242 e. The Morgan fingerprint density at radius 1 is 1.35 bits per heavy atom. The Bertz CT molecular complexity index is 894.